The molecule has 1 rings (SSSR count). The molecule has 0 radical (unpaired) electrons. The van der Waals surface area contributed by atoms with Gasteiger partial charge in [0, 0.05) is 0 Å². The van der Waals surface area contributed by atoms with E-state index < -0.39 is 0 Å². The molecule has 2 heteroatoms. The highest BCUT2D eigenvalue weighted by atomic mass is 16.5. The second kappa shape index (κ2) is 2.60. The lowest BCUT2D eigenvalue weighted by Gasteiger charge is -2.00. The van der Waals surface area contributed by atoms with Gasteiger partial charge in [-0.1, -0.05) is 13.8 Å². The molecule has 0 N–H and O–H groups in total. The number of carbonyl (C=O) groups is 1. The lowest BCUT2D eigenvalue weighted by molar-refractivity contribution is -0.142. The van der Waals surface area contributed by atoms with Crippen LogP contribution in [0, 0.1) is 17.8 Å². The fraction of sp³-hybridized carbons (Fsp3) is 0.875. The van der Waals surface area contributed by atoms with Crippen molar-refractivity contribution in [2.75, 3.05) is 7.11 Å². The van der Waals surface area contributed by atoms with Crippen LogP contribution in [0.15, 0.2) is 0 Å². The van der Waals surface area contributed by atoms with E-state index in [2.05, 4.69) is 18.6 Å². The summed E-state index contributed by atoms with van der Waals surface area (Å²) in [6.45, 7) is 4.29. The van der Waals surface area contributed by atoms with Crippen molar-refractivity contribution in [1.29, 1.82) is 0 Å². The standard InChI is InChI=1S/C8H14O2/c1-5(2)6-4-7(6)8(9)10-3/h5-7H,4H2,1-3H3/t6-,7?/m1/s1. The summed E-state index contributed by atoms with van der Waals surface area (Å²) in [7, 11) is 1.46. The molecule has 2 nitrogen and oxygen atoms in total. The number of ether oxygens (including phenoxy) is 1. The van der Waals surface area contributed by atoms with Crippen LogP contribution in [0.4, 0.5) is 0 Å². The summed E-state index contributed by atoms with van der Waals surface area (Å²) in [6.07, 6.45) is 1.03. The molecule has 0 heterocycles. The minimum absolute atomic E-state index is 0.0290. The maximum Gasteiger partial charge on any atom is 0.308 e. The minimum atomic E-state index is -0.0290. The molecule has 0 bridgehead atoms. The van der Waals surface area contributed by atoms with Gasteiger partial charge in [0.2, 0.25) is 0 Å². The third-order valence-electron chi connectivity index (χ3n) is 2.20. The normalized spacial score (nSPS) is 30.4. The van der Waals surface area contributed by atoms with Crippen LogP contribution in [0.2, 0.25) is 0 Å². The van der Waals surface area contributed by atoms with E-state index in [4.69, 9.17) is 0 Å². The van der Waals surface area contributed by atoms with E-state index in [-0.39, 0.29) is 11.9 Å². The fourth-order valence-electron chi connectivity index (χ4n) is 1.37. The molecule has 1 unspecified atom stereocenters. The zero-order valence-corrected chi connectivity index (χ0v) is 6.76. The second-order valence-electron chi connectivity index (χ2n) is 3.27. The maximum absolute atomic E-state index is 10.9. The molecular weight excluding hydrogens is 128 g/mol. The molecule has 0 aromatic carbocycles. The maximum atomic E-state index is 10.9. The van der Waals surface area contributed by atoms with Crippen LogP contribution in [-0.2, 0) is 9.53 Å². The van der Waals surface area contributed by atoms with Crippen LogP contribution in [0.3, 0.4) is 0 Å². The van der Waals surface area contributed by atoms with Gasteiger partial charge in [-0.2, -0.15) is 0 Å². The van der Waals surface area contributed by atoms with Crippen molar-refractivity contribution < 1.29 is 9.53 Å². The molecule has 0 aromatic heterocycles. The number of rotatable bonds is 2. The highest BCUT2D eigenvalue weighted by Crippen LogP contribution is 2.44. The zero-order chi connectivity index (χ0) is 7.72. The van der Waals surface area contributed by atoms with Gasteiger partial charge in [-0.3, -0.25) is 4.79 Å². The van der Waals surface area contributed by atoms with E-state index in [0.717, 1.165) is 6.42 Å². The highest BCUT2D eigenvalue weighted by Gasteiger charge is 2.45. The fourth-order valence-corrected chi connectivity index (χ4v) is 1.37. The quantitative estimate of drug-likeness (QED) is 0.545. The van der Waals surface area contributed by atoms with E-state index in [9.17, 15) is 4.79 Å². The number of hydrogen-bond acceptors (Lipinski definition) is 2. The van der Waals surface area contributed by atoms with Crippen molar-refractivity contribution >= 4 is 5.97 Å². The Morgan fingerprint density at radius 3 is 2.50 bits per heavy atom. The van der Waals surface area contributed by atoms with Gasteiger partial charge < -0.3 is 4.74 Å². The summed E-state index contributed by atoms with van der Waals surface area (Å²) in [5.74, 6) is 1.40. The summed E-state index contributed by atoms with van der Waals surface area (Å²) in [4.78, 5) is 10.9. The topological polar surface area (TPSA) is 26.3 Å². The van der Waals surface area contributed by atoms with Crippen LogP contribution in [0.25, 0.3) is 0 Å². The number of methoxy groups -OCH3 is 1. The molecule has 58 valence electrons. The summed E-state index contributed by atoms with van der Waals surface area (Å²) in [5, 5.41) is 0. The minimum Gasteiger partial charge on any atom is -0.469 e. The van der Waals surface area contributed by atoms with Gasteiger partial charge in [0.25, 0.3) is 0 Å². The van der Waals surface area contributed by atoms with E-state index in [1.165, 1.54) is 7.11 Å². The summed E-state index contributed by atoms with van der Waals surface area (Å²) < 4.78 is 4.62. The first kappa shape index (κ1) is 7.58. The summed E-state index contributed by atoms with van der Waals surface area (Å²) >= 11 is 0. The molecule has 1 aliphatic carbocycles. The smallest absolute Gasteiger partial charge is 0.308 e. The van der Waals surface area contributed by atoms with Crippen molar-refractivity contribution in [3.8, 4) is 0 Å². The molecule has 0 spiro atoms. The van der Waals surface area contributed by atoms with Gasteiger partial charge >= 0.3 is 5.97 Å². The Kier molecular flexibility index (Phi) is 1.97. The lowest BCUT2D eigenvalue weighted by atomic mass is 10.1. The molecule has 0 aliphatic heterocycles. The van der Waals surface area contributed by atoms with E-state index in [1.54, 1.807) is 0 Å². The molecule has 10 heavy (non-hydrogen) atoms. The van der Waals surface area contributed by atoms with Crippen molar-refractivity contribution in [3.63, 3.8) is 0 Å². The average Bonchev–Trinajstić information content (AvgIpc) is 2.64. The van der Waals surface area contributed by atoms with Crippen molar-refractivity contribution in [2.24, 2.45) is 17.8 Å². The van der Waals surface area contributed by atoms with Gasteiger partial charge in [0.05, 0.1) is 13.0 Å². The van der Waals surface area contributed by atoms with Gasteiger partial charge in [0.1, 0.15) is 0 Å². The molecule has 0 amide bonds. The van der Waals surface area contributed by atoms with E-state index >= 15 is 0 Å². The highest BCUT2D eigenvalue weighted by molar-refractivity contribution is 5.75. The van der Waals surface area contributed by atoms with Crippen LogP contribution in [0.1, 0.15) is 20.3 Å². The predicted molar refractivity (Wildman–Crippen MR) is 38.5 cm³/mol. The Morgan fingerprint density at radius 1 is 1.60 bits per heavy atom. The van der Waals surface area contributed by atoms with Gasteiger partial charge in [-0.05, 0) is 18.3 Å². The van der Waals surface area contributed by atoms with Gasteiger partial charge in [-0.15, -0.1) is 0 Å². The number of carbonyl (C=O) groups excluding carboxylic acids is 1. The summed E-state index contributed by atoms with van der Waals surface area (Å²) in [5.41, 5.74) is 0. The molecule has 2 atom stereocenters. The average molecular weight is 142 g/mol. The molecule has 1 aliphatic rings. The first-order chi connectivity index (χ1) is 4.66. The van der Waals surface area contributed by atoms with Crippen LogP contribution in [0.5, 0.6) is 0 Å². The van der Waals surface area contributed by atoms with Crippen molar-refractivity contribution in [3.05, 3.63) is 0 Å². The molecule has 0 saturated heterocycles. The van der Waals surface area contributed by atoms with E-state index in [0.29, 0.717) is 11.8 Å². The summed E-state index contributed by atoms with van der Waals surface area (Å²) in [6, 6.07) is 0. The molecule has 0 aromatic rings. The third kappa shape index (κ3) is 1.31. The molecular formula is C8H14O2. The van der Waals surface area contributed by atoms with Crippen molar-refractivity contribution in [1.82, 2.24) is 0 Å². The number of hydrogen-bond donors (Lipinski definition) is 0. The SMILES string of the molecule is COC(=O)C1C[C@@H]1C(C)C. The van der Waals surface area contributed by atoms with Gasteiger partial charge in [0.15, 0.2) is 0 Å². The van der Waals surface area contributed by atoms with Crippen molar-refractivity contribution in [2.45, 2.75) is 20.3 Å². The van der Waals surface area contributed by atoms with E-state index in [1.807, 2.05) is 0 Å². The Bertz CT molecular complexity index is 140. The van der Waals surface area contributed by atoms with Crippen LogP contribution >= 0.6 is 0 Å². The molecule has 1 fully saturated rings. The lowest BCUT2D eigenvalue weighted by Crippen LogP contribution is -2.06. The Balaban J connectivity index is 2.31. The Labute approximate surface area is 61.6 Å². The number of esters is 1. The van der Waals surface area contributed by atoms with Gasteiger partial charge in [-0.25, -0.2) is 0 Å². The van der Waals surface area contributed by atoms with Crippen LogP contribution in [-0.4, -0.2) is 13.1 Å². The second-order valence-corrected chi connectivity index (χ2v) is 3.27. The zero-order valence-electron chi connectivity index (χ0n) is 6.76. The first-order valence-electron chi connectivity index (χ1n) is 3.74. The predicted octanol–water partition coefficient (Wildman–Crippen LogP) is 1.45. The Hall–Kier alpha value is -0.530. The molecule has 1 saturated carbocycles. The first-order valence-corrected chi connectivity index (χ1v) is 3.74. The monoisotopic (exact) mass is 142 g/mol. The van der Waals surface area contributed by atoms with Crippen LogP contribution < -0.4 is 0 Å². The largest absolute Gasteiger partial charge is 0.469 e. The Morgan fingerprint density at radius 2 is 2.20 bits per heavy atom. The third-order valence-corrected chi connectivity index (χ3v) is 2.20.